The lowest BCUT2D eigenvalue weighted by atomic mass is 9.79. The molecule has 0 aromatic carbocycles. The molecular weight excluding hydrogens is 312 g/mol. The molecule has 2 saturated heterocycles. The van der Waals surface area contributed by atoms with E-state index in [1.165, 1.54) is 4.90 Å². The molecule has 1 atom stereocenters. The van der Waals surface area contributed by atoms with Gasteiger partial charge in [-0.25, -0.2) is 4.79 Å². The van der Waals surface area contributed by atoms with Crippen molar-refractivity contribution in [2.45, 2.75) is 25.3 Å². The van der Waals surface area contributed by atoms with E-state index in [-0.39, 0.29) is 24.3 Å². The van der Waals surface area contributed by atoms with Crippen molar-refractivity contribution in [3.8, 4) is 0 Å². The van der Waals surface area contributed by atoms with Gasteiger partial charge in [-0.2, -0.15) is 0 Å². The van der Waals surface area contributed by atoms with Crippen molar-refractivity contribution in [2.75, 3.05) is 40.8 Å². The number of nitrogens with one attached hydrogen (secondary N) is 3. The van der Waals surface area contributed by atoms with E-state index in [2.05, 4.69) is 25.8 Å². The van der Waals surface area contributed by atoms with Gasteiger partial charge in [-0.15, -0.1) is 0 Å². The minimum atomic E-state index is -0.846. The van der Waals surface area contributed by atoms with Crippen LogP contribution in [0, 0.1) is 5.92 Å². The number of likely N-dealkylation sites (tertiary alicyclic amines) is 1. The summed E-state index contributed by atoms with van der Waals surface area (Å²) in [6.07, 6.45) is 1.51. The van der Waals surface area contributed by atoms with E-state index in [1.807, 2.05) is 0 Å². The summed E-state index contributed by atoms with van der Waals surface area (Å²) in [5, 5.41) is 8.12. The fourth-order valence-electron chi connectivity index (χ4n) is 3.16. The molecule has 0 aromatic rings. The predicted molar refractivity (Wildman–Crippen MR) is 89.4 cm³/mol. The zero-order valence-corrected chi connectivity index (χ0v) is 14.7. The Bertz CT molecular complexity index is 553. The van der Waals surface area contributed by atoms with Crippen molar-refractivity contribution in [3.05, 3.63) is 0 Å². The van der Waals surface area contributed by atoms with Crippen LogP contribution >= 0.6 is 0 Å². The molecule has 3 N–H and O–H groups in total. The summed E-state index contributed by atoms with van der Waals surface area (Å²) in [6.45, 7) is 3.38. The molecule has 24 heavy (non-hydrogen) atoms. The summed E-state index contributed by atoms with van der Waals surface area (Å²) < 4.78 is 0. The molecule has 0 spiro atoms. The van der Waals surface area contributed by atoms with Gasteiger partial charge in [-0.05, 0) is 25.7 Å². The monoisotopic (exact) mass is 338 g/mol. The van der Waals surface area contributed by atoms with Crippen LogP contribution in [0.15, 0.2) is 4.99 Å². The number of urea groups is 1. The molecule has 0 radical (unpaired) electrons. The Balaban J connectivity index is 1.90. The highest BCUT2D eigenvalue weighted by atomic mass is 16.2. The average Bonchev–Trinajstić information content (AvgIpc) is 2.81. The van der Waals surface area contributed by atoms with E-state index < -0.39 is 11.6 Å². The number of hydrogen-bond donors (Lipinski definition) is 3. The highest BCUT2D eigenvalue weighted by molar-refractivity contribution is 6.07. The predicted octanol–water partition coefficient (Wildman–Crippen LogP) is -1.04. The normalized spacial score (nSPS) is 25.3. The smallest absolute Gasteiger partial charge is 0.322 e. The largest absolute Gasteiger partial charge is 0.347 e. The maximum Gasteiger partial charge on any atom is 0.322 e. The van der Waals surface area contributed by atoms with Crippen LogP contribution < -0.4 is 16.0 Å². The highest BCUT2D eigenvalue weighted by Crippen LogP contribution is 2.30. The summed E-state index contributed by atoms with van der Waals surface area (Å²) in [4.78, 5) is 42.9. The zero-order valence-electron chi connectivity index (χ0n) is 14.7. The fourth-order valence-corrected chi connectivity index (χ4v) is 3.16. The topological polar surface area (TPSA) is 106 Å². The second-order valence-corrected chi connectivity index (χ2v) is 6.56. The van der Waals surface area contributed by atoms with Crippen LogP contribution in [0.2, 0.25) is 0 Å². The van der Waals surface area contributed by atoms with Crippen molar-refractivity contribution in [1.82, 2.24) is 25.8 Å². The first-order valence-corrected chi connectivity index (χ1v) is 8.07. The van der Waals surface area contributed by atoms with E-state index in [0.717, 1.165) is 12.8 Å². The summed E-state index contributed by atoms with van der Waals surface area (Å²) in [5.41, 5.74) is -0.846. The molecule has 0 aromatic heterocycles. The second kappa shape index (κ2) is 7.06. The molecule has 0 aliphatic carbocycles. The van der Waals surface area contributed by atoms with E-state index >= 15 is 0 Å². The molecule has 9 nitrogen and oxygen atoms in total. The van der Waals surface area contributed by atoms with Crippen LogP contribution in [-0.4, -0.2) is 79.9 Å². The number of piperidine rings is 1. The third kappa shape index (κ3) is 3.60. The van der Waals surface area contributed by atoms with Gasteiger partial charge in [0.05, 0.1) is 6.54 Å². The van der Waals surface area contributed by atoms with Crippen LogP contribution in [-0.2, 0) is 9.59 Å². The van der Waals surface area contributed by atoms with Gasteiger partial charge in [-0.1, -0.05) is 0 Å². The second-order valence-electron chi connectivity index (χ2n) is 6.56. The first-order valence-electron chi connectivity index (χ1n) is 8.07. The Labute approximate surface area is 141 Å². The number of rotatable bonds is 3. The van der Waals surface area contributed by atoms with Crippen LogP contribution in [0.5, 0.6) is 0 Å². The first-order chi connectivity index (χ1) is 11.3. The zero-order chi connectivity index (χ0) is 17.9. The Morgan fingerprint density at radius 1 is 1.38 bits per heavy atom. The number of nitrogens with zero attached hydrogens (tertiary/aromatic N) is 3. The Morgan fingerprint density at radius 2 is 2.00 bits per heavy atom. The van der Waals surface area contributed by atoms with Gasteiger partial charge in [0.15, 0.2) is 5.96 Å². The molecular formula is C15H26N6O3. The number of imide groups is 1. The summed E-state index contributed by atoms with van der Waals surface area (Å²) >= 11 is 0. The molecule has 2 rings (SSSR count). The third-order valence-electron chi connectivity index (χ3n) is 4.79. The van der Waals surface area contributed by atoms with Gasteiger partial charge >= 0.3 is 6.03 Å². The number of amides is 4. The minimum absolute atomic E-state index is 0.0242. The molecule has 1 unspecified atom stereocenters. The number of likely N-dealkylation sites (N-methyl/N-ethyl adjacent to an activating group) is 1. The minimum Gasteiger partial charge on any atom is -0.347 e. The summed E-state index contributed by atoms with van der Waals surface area (Å²) in [6, 6.07) is -0.426. The number of carbonyl (C=O) groups excluding carboxylic acids is 3. The van der Waals surface area contributed by atoms with Crippen molar-refractivity contribution in [1.29, 1.82) is 0 Å². The molecule has 0 bridgehead atoms. The number of guanidine groups is 1. The third-order valence-corrected chi connectivity index (χ3v) is 4.79. The van der Waals surface area contributed by atoms with Crippen LogP contribution in [0.1, 0.15) is 19.8 Å². The summed E-state index contributed by atoms with van der Waals surface area (Å²) in [5.74, 6) is 0.462. The maximum atomic E-state index is 12.0. The fraction of sp³-hybridized carbons (Fsp3) is 0.733. The lowest BCUT2D eigenvalue weighted by Crippen LogP contribution is -2.55. The van der Waals surface area contributed by atoms with Gasteiger partial charge < -0.3 is 20.4 Å². The number of hydrogen-bond acceptors (Lipinski definition) is 4. The van der Waals surface area contributed by atoms with Gasteiger partial charge in [0.2, 0.25) is 5.91 Å². The Kier molecular flexibility index (Phi) is 5.30. The molecule has 2 aliphatic rings. The van der Waals surface area contributed by atoms with E-state index in [1.54, 1.807) is 28.1 Å². The SMILES string of the molecule is CN=C(NCC(=O)N(C)C)N1CCC(C2(C)NC(=O)NC2=O)CC1. The molecule has 4 amide bonds. The van der Waals surface area contributed by atoms with Crippen molar-refractivity contribution in [3.63, 3.8) is 0 Å². The molecule has 2 fully saturated rings. The number of carbonyl (C=O) groups is 3. The molecule has 134 valence electrons. The lowest BCUT2D eigenvalue weighted by Gasteiger charge is -2.39. The van der Waals surface area contributed by atoms with Crippen LogP contribution in [0.25, 0.3) is 0 Å². The molecule has 0 saturated carbocycles. The molecule has 9 heteroatoms. The van der Waals surface area contributed by atoms with Gasteiger partial charge in [0.1, 0.15) is 5.54 Å². The quantitative estimate of drug-likeness (QED) is 0.346. The van der Waals surface area contributed by atoms with Crippen molar-refractivity contribution in [2.24, 2.45) is 10.9 Å². The Morgan fingerprint density at radius 3 is 2.46 bits per heavy atom. The van der Waals surface area contributed by atoms with Gasteiger partial charge in [-0.3, -0.25) is 19.9 Å². The van der Waals surface area contributed by atoms with Crippen molar-refractivity contribution >= 4 is 23.8 Å². The molecule has 2 heterocycles. The average molecular weight is 338 g/mol. The highest BCUT2D eigenvalue weighted by Gasteiger charge is 2.48. The lowest BCUT2D eigenvalue weighted by molar-refractivity contribution is -0.127. The first kappa shape index (κ1) is 18.0. The van der Waals surface area contributed by atoms with Crippen LogP contribution in [0.3, 0.4) is 0 Å². The summed E-state index contributed by atoms with van der Waals surface area (Å²) in [7, 11) is 5.10. The molecule has 2 aliphatic heterocycles. The van der Waals surface area contributed by atoms with E-state index in [0.29, 0.717) is 19.0 Å². The van der Waals surface area contributed by atoms with Crippen molar-refractivity contribution < 1.29 is 14.4 Å². The van der Waals surface area contributed by atoms with E-state index in [4.69, 9.17) is 0 Å². The van der Waals surface area contributed by atoms with Crippen LogP contribution in [0.4, 0.5) is 4.79 Å². The maximum absolute atomic E-state index is 12.0. The van der Waals surface area contributed by atoms with E-state index in [9.17, 15) is 14.4 Å². The van der Waals surface area contributed by atoms with Gasteiger partial charge in [0, 0.05) is 34.2 Å². The standard InChI is InChI=1S/C15H26N6O3/c1-15(12(23)18-14(24)19-15)10-5-7-21(8-6-10)13(16-2)17-9-11(22)20(3)4/h10H,5-9H2,1-4H3,(H,16,17)(H2,18,19,23,24). The Hall–Kier alpha value is -2.32. The van der Waals surface area contributed by atoms with Gasteiger partial charge in [0.25, 0.3) is 5.91 Å². The number of aliphatic imine (C=N–C) groups is 1.